The van der Waals surface area contributed by atoms with Crippen molar-refractivity contribution in [2.45, 2.75) is 38.6 Å². The predicted molar refractivity (Wildman–Crippen MR) is 86.4 cm³/mol. The van der Waals surface area contributed by atoms with Crippen molar-refractivity contribution in [2.24, 2.45) is 11.8 Å². The number of rotatable bonds is 5. The highest BCUT2D eigenvalue weighted by molar-refractivity contribution is 5.13. The Balaban J connectivity index is 1.43. The van der Waals surface area contributed by atoms with Gasteiger partial charge in [-0.15, -0.1) is 0 Å². The van der Waals surface area contributed by atoms with Crippen molar-refractivity contribution in [3.05, 3.63) is 48.0 Å². The van der Waals surface area contributed by atoms with Crippen molar-refractivity contribution in [1.29, 1.82) is 0 Å². The molecule has 3 nitrogen and oxygen atoms in total. The standard InChI is InChI=1S/C19H26O3/c1-2-16-8-10-19(21-14-16)11-9-18(15-22-19)13-20-12-17-6-4-3-5-7-17/h3-7,9,11,16,18H,2,8,10,12-15H2,1H3/t16-,18-,19-/m0/s1. The first-order chi connectivity index (χ1) is 10.8. The van der Waals surface area contributed by atoms with Crippen LogP contribution in [0.1, 0.15) is 31.7 Å². The highest BCUT2D eigenvalue weighted by Crippen LogP contribution is 2.34. The van der Waals surface area contributed by atoms with E-state index in [1.807, 2.05) is 18.2 Å². The maximum Gasteiger partial charge on any atom is 0.187 e. The molecule has 1 fully saturated rings. The Morgan fingerprint density at radius 2 is 2.00 bits per heavy atom. The second kappa shape index (κ2) is 7.40. The quantitative estimate of drug-likeness (QED) is 0.771. The zero-order valence-electron chi connectivity index (χ0n) is 13.4. The first-order valence-corrected chi connectivity index (χ1v) is 8.38. The molecule has 0 radical (unpaired) electrons. The van der Waals surface area contributed by atoms with E-state index >= 15 is 0 Å². The molecule has 120 valence electrons. The van der Waals surface area contributed by atoms with E-state index in [9.17, 15) is 0 Å². The Bertz CT molecular complexity index is 475. The van der Waals surface area contributed by atoms with Crippen LogP contribution in [0.5, 0.6) is 0 Å². The maximum atomic E-state index is 6.03. The van der Waals surface area contributed by atoms with Gasteiger partial charge in [-0.25, -0.2) is 0 Å². The molecule has 3 atom stereocenters. The fourth-order valence-corrected chi connectivity index (χ4v) is 3.03. The molecule has 0 aliphatic carbocycles. The molecule has 2 aliphatic heterocycles. The van der Waals surface area contributed by atoms with Gasteiger partial charge in [0.25, 0.3) is 0 Å². The summed E-state index contributed by atoms with van der Waals surface area (Å²) in [5.74, 6) is 0.554. The van der Waals surface area contributed by atoms with Crippen LogP contribution in [-0.2, 0) is 20.8 Å². The monoisotopic (exact) mass is 302 g/mol. The smallest absolute Gasteiger partial charge is 0.187 e. The number of ether oxygens (including phenoxy) is 3. The van der Waals surface area contributed by atoms with E-state index < -0.39 is 5.79 Å². The Morgan fingerprint density at radius 1 is 1.18 bits per heavy atom. The summed E-state index contributed by atoms with van der Waals surface area (Å²) in [5.41, 5.74) is 1.21. The van der Waals surface area contributed by atoms with Gasteiger partial charge in [0.15, 0.2) is 5.79 Å². The third-order valence-electron chi connectivity index (χ3n) is 4.65. The third kappa shape index (κ3) is 3.97. The van der Waals surface area contributed by atoms with Crippen molar-refractivity contribution >= 4 is 0 Å². The molecule has 0 saturated carbocycles. The SMILES string of the molecule is CC[C@H]1CC[C@]2(C=C[C@@H](COCc3ccccc3)CO2)OC1. The molecule has 2 aliphatic rings. The summed E-state index contributed by atoms with van der Waals surface area (Å²) in [6.07, 6.45) is 7.67. The first kappa shape index (κ1) is 15.7. The summed E-state index contributed by atoms with van der Waals surface area (Å²) in [6.45, 7) is 5.08. The van der Waals surface area contributed by atoms with Crippen molar-refractivity contribution in [2.75, 3.05) is 19.8 Å². The Morgan fingerprint density at radius 3 is 2.64 bits per heavy atom. The molecule has 1 spiro atoms. The molecular formula is C19H26O3. The first-order valence-electron chi connectivity index (χ1n) is 8.38. The van der Waals surface area contributed by atoms with E-state index in [0.29, 0.717) is 31.7 Å². The summed E-state index contributed by atoms with van der Waals surface area (Å²) in [6, 6.07) is 10.3. The van der Waals surface area contributed by atoms with Crippen LogP contribution in [0, 0.1) is 11.8 Å². The normalized spacial score (nSPS) is 31.5. The Hall–Kier alpha value is -1.16. The van der Waals surface area contributed by atoms with E-state index in [4.69, 9.17) is 14.2 Å². The average Bonchev–Trinajstić information content (AvgIpc) is 2.59. The zero-order valence-corrected chi connectivity index (χ0v) is 13.4. The predicted octanol–water partition coefficient (Wildman–Crippen LogP) is 3.94. The van der Waals surface area contributed by atoms with Crippen LogP contribution in [0.2, 0.25) is 0 Å². The van der Waals surface area contributed by atoms with Crippen LogP contribution >= 0.6 is 0 Å². The summed E-state index contributed by atoms with van der Waals surface area (Å²) < 4.78 is 17.8. The highest BCUT2D eigenvalue weighted by atomic mass is 16.7. The molecule has 0 amide bonds. The van der Waals surface area contributed by atoms with Crippen LogP contribution in [0.25, 0.3) is 0 Å². The molecule has 0 aromatic heterocycles. The van der Waals surface area contributed by atoms with E-state index in [1.54, 1.807) is 0 Å². The van der Waals surface area contributed by atoms with Gasteiger partial charge < -0.3 is 14.2 Å². The molecule has 22 heavy (non-hydrogen) atoms. The summed E-state index contributed by atoms with van der Waals surface area (Å²) in [5, 5.41) is 0. The fraction of sp³-hybridized carbons (Fsp3) is 0.579. The molecule has 3 rings (SSSR count). The lowest BCUT2D eigenvalue weighted by atomic mass is 9.92. The minimum absolute atomic E-state index is 0.321. The van der Waals surface area contributed by atoms with Gasteiger partial charge in [0.1, 0.15) is 0 Å². The van der Waals surface area contributed by atoms with Gasteiger partial charge in [-0.05, 0) is 24.0 Å². The van der Waals surface area contributed by atoms with Crippen molar-refractivity contribution in [3.63, 3.8) is 0 Å². The van der Waals surface area contributed by atoms with Crippen molar-refractivity contribution in [3.8, 4) is 0 Å². The van der Waals surface area contributed by atoms with Crippen LogP contribution in [0.15, 0.2) is 42.5 Å². The van der Waals surface area contributed by atoms with Crippen molar-refractivity contribution < 1.29 is 14.2 Å². The Labute approximate surface area is 133 Å². The largest absolute Gasteiger partial charge is 0.376 e. The lowest BCUT2D eigenvalue weighted by Crippen LogP contribution is -2.43. The second-order valence-corrected chi connectivity index (χ2v) is 6.37. The number of hydrogen-bond donors (Lipinski definition) is 0. The van der Waals surface area contributed by atoms with Crippen molar-refractivity contribution in [1.82, 2.24) is 0 Å². The van der Waals surface area contributed by atoms with Gasteiger partial charge in [-0.2, -0.15) is 0 Å². The van der Waals surface area contributed by atoms with Crippen LogP contribution in [0.3, 0.4) is 0 Å². The van der Waals surface area contributed by atoms with Gasteiger partial charge in [-0.3, -0.25) is 0 Å². The van der Waals surface area contributed by atoms with Crippen LogP contribution < -0.4 is 0 Å². The van der Waals surface area contributed by atoms with E-state index in [-0.39, 0.29) is 0 Å². The summed E-state index contributed by atoms with van der Waals surface area (Å²) in [7, 11) is 0. The number of benzene rings is 1. The third-order valence-corrected chi connectivity index (χ3v) is 4.65. The number of hydrogen-bond acceptors (Lipinski definition) is 3. The average molecular weight is 302 g/mol. The summed E-state index contributed by atoms with van der Waals surface area (Å²) in [4.78, 5) is 0. The van der Waals surface area contributed by atoms with E-state index in [2.05, 4.69) is 31.2 Å². The minimum atomic E-state index is -0.457. The molecular weight excluding hydrogens is 276 g/mol. The zero-order chi connectivity index (χ0) is 15.3. The second-order valence-electron chi connectivity index (χ2n) is 6.37. The Kier molecular flexibility index (Phi) is 5.29. The lowest BCUT2D eigenvalue weighted by Gasteiger charge is -2.40. The van der Waals surface area contributed by atoms with Gasteiger partial charge in [0.05, 0.1) is 26.4 Å². The maximum absolute atomic E-state index is 6.03. The highest BCUT2D eigenvalue weighted by Gasteiger charge is 2.37. The molecule has 1 aromatic carbocycles. The van der Waals surface area contributed by atoms with Gasteiger partial charge in [0.2, 0.25) is 0 Å². The molecule has 1 aromatic rings. The summed E-state index contributed by atoms with van der Waals surface area (Å²) >= 11 is 0. The van der Waals surface area contributed by atoms with Gasteiger partial charge in [0, 0.05) is 12.3 Å². The molecule has 3 heteroatoms. The van der Waals surface area contributed by atoms with E-state index in [0.717, 1.165) is 13.0 Å². The molecule has 2 heterocycles. The fourth-order valence-electron chi connectivity index (χ4n) is 3.03. The van der Waals surface area contributed by atoms with E-state index in [1.165, 1.54) is 18.4 Å². The molecule has 0 N–H and O–H groups in total. The topological polar surface area (TPSA) is 27.7 Å². The van der Waals surface area contributed by atoms with Gasteiger partial charge >= 0.3 is 0 Å². The minimum Gasteiger partial charge on any atom is -0.376 e. The molecule has 1 saturated heterocycles. The molecule has 0 unspecified atom stereocenters. The molecule has 0 bridgehead atoms. The van der Waals surface area contributed by atoms with Crippen LogP contribution in [-0.4, -0.2) is 25.6 Å². The lowest BCUT2D eigenvalue weighted by molar-refractivity contribution is -0.244. The van der Waals surface area contributed by atoms with Gasteiger partial charge in [-0.1, -0.05) is 49.8 Å². The van der Waals surface area contributed by atoms with Crippen LogP contribution in [0.4, 0.5) is 0 Å².